The second kappa shape index (κ2) is 29.8. The van der Waals surface area contributed by atoms with Crippen molar-refractivity contribution in [3.05, 3.63) is 6.92 Å². The predicted molar refractivity (Wildman–Crippen MR) is 164 cm³/mol. The Kier molecular flexibility index (Phi) is 29.7. The fourth-order valence-corrected chi connectivity index (χ4v) is 4.42. The quantitative estimate of drug-likeness (QED) is 0.0704. The Morgan fingerprint density at radius 1 is 0.488 bits per heavy atom. The molecule has 0 spiro atoms. The summed E-state index contributed by atoms with van der Waals surface area (Å²) in [5, 5.41) is 11.0. The first kappa shape index (κ1) is 42.9. The summed E-state index contributed by atoms with van der Waals surface area (Å²) in [5.41, 5.74) is 0. The molecule has 0 bridgehead atoms. The number of nitrogens with zero attached hydrogens (tertiary/aromatic N) is 1. The van der Waals surface area contributed by atoms with Gasteiger partial charge in [0.1, 0.15) is 5.78 Å². The van der Waals surface area contributed by atoms with Crippen LogP contribution in [0.2, 0.25) is 0 Å². The van der Waals surface area contributed by atoms with Crippen molar-refractivity contribution < 1.29 is 49.8 Å². The Bertz CT molecular complexity index is 768. The van der Waals surface area contributed by atoms with Crippen LogP contribution in [0.15, 0.2) is 0 Å². The van der Waals surface area contributed by atoms with E-state index in [0.717, 1.165) is 83.5 Å². The average Bonchev–Trinajstić information content (AvgIpc) is 2.94. The van der Waals surface area contributed by atoms with Crippen LogP contribution in [0.1, 0.15) is 109 Å². The molecular formula is C31H56N5O6W-. The average molecular weight is 779 g/mol. The zero-order valence-electron chi connectivity index (χ0n) is 26.6. The van der Waals surface area contributed by atoms with Crippen molar-refractivity contribution in [1.29, 1.82) is 0 Å². The predicted octanol–water partition coefficient (Wildman–Crippen LogP) is 2.61. The molecule has 12 heteroatoms. The van der Waals surface area contributed by atoms with Crippen LogP contribution in [0.5, 0.6) is 0 Å². The number of hydrogen-bond donors (Lipinski definition) is 4. The van der Waals surface area contributed by atoms with Gasteiger partial charge >= 0.3 is 0 Å². The van der Waals surface area contributed by atoms with Crippen LogP contribution in [0.25, 0.3) is 0 Å². The Balaban J connectivity index is 0. The molecular weight excluding hydrogens is 722 g/mol. The minimum absolute atomic E-state index is 0. The minimum Gasteiger partial charge on any atom is -0.359 e. The van der Waals surface area contributed by atoms with Gasteiger partial charge in [0.25, 0.3) is 0 Å². The van der Waals surface area contributed by atoms with Crippen LogP contribution in [-0.2, 0) is 49.8 Å². The van der Waals surface area contributed by atoms with E-state index in [1.165, 1.54) is 0 Å². The van der Waals surface area contributed by atoms with E-state index in [2.05, 4.69) is 28.2 Å². The molecule has 0 aromatic heterocycles. The normalized spacial score (nSPS) is 10.5. The summed E-state index contributed by atoms with van der Waals surface area (Å²) in [6, 6.07) is 0. The van der Waals surface area contributed by atoms with Gasteiger partial charge in [-0.05, 0) is 50.7 Å². The maximum Gasteiger partial charge on any atom is 0.234 e. The first-order chi connectivity index (χ1) is 20.2. The number of ketones is 2. The zero-order chi connectivity index (χ0) is 31.4. The second-order valence-electron chi connectivity index (χ2n) is 10.9. The molecule has 11 nitrogen and oxygen atoms in total. The molecule has 43 heavy (non-hydrogen) atoms. The van der Waals surface area contributed by atoms with E-state index in [4.69, 9.17) is 0 Å². The molecule has 0 atom stereocenters. The number of amides is 4. The van der Waals surface area contributed by atoms with Gasteiger partial charge < -0.3 is 33.0 Å². The van der Waals surface area contributed by atoms with E-state index in [1.54, 1.807) is 19.0 Å². The summed E-state index contributed by atoms with van der Waals surface area (Å²) in [7, 11) is 3.24. The van der Waals surface area contributed by atoms with Crippen molar-refractivity contribution in [3.63, 3.8) is 0 Å². The van der Waals surface area contributed by atoms with Gasteiger partial charge in [0.05, 0.1) is 19.6 Å². The number of nitrogens with one attached hydrogen (secondary N) is 4. The molecule has 0 saturated heterocycles. The number of carbonyl (C=O) groups excluding carboxylic acids is 6. The second-order valence-corrected chi connectivity index (χ2v) is 10.9. The van der Waals surface area contributed by atoms with Crippen molar-refractivity contribution in [2.45, 2.75) is 109 Å². The number of rotatable bonds is 28. The molecule has 0 aliphatic heterocycles. The van der Waals surface area contributed by atoms with Gasteiger partial charge in [-0.15, -0.1) is 0 Å². The molecule has 0 aliphatic carbocycles. The largest absolute Gasteiger partial charge is 0.359 e. The Morgan fingerprint density at radius 3 is 1.28 bits per heavy atom. The Morgan fingerprint density at radius 2 is 0.860 bits per heavy atom. The minimum atomic E-state index is -0.225. The molecule has 0 unspecified atom stereocenters. The van der Waals surface area contributed by atoms with Gasteiger partial charge in [-0.3, -0.25) is 28.9 Å². The molecule has 4 amide bonds. The maximum absolute atomic E-state index is 12.6. The maximum atomic E-state index is 12.6. The van der Waals surface area contributed by atoms with Crippen LogP contribution in [0.4, 0.5) is 0 Å². The molecule has 0 aromatic rings. The number of unbranched alkanes of at least 4 members (excludes halogenated alkanes) is 10. The summed E-state index contributed by atoms with van der Waals surface area (Å²) in [6.45, 7) is 4.36. The number of hydrogen-bond acceptors (Lipinski definition) is 7. The molecule has 0 heterocycles. The molecule has 4 N–H and O–H groups in total. The van der Waals surface area contributed by atoms with Crippen LogP contribution < -0.4 is 21.3 Å². The third-order valence-electron chi connectivity index (χ3n) is 6.91. The van der Waals surface area contributed by atoms with Crippen LogP contribution >= 0.6 is 0 Å². The third-order valence-corrected chi connectivity index (χ3v) is 6.91. The summed E-state index contributed by atoms with van der Waals surface area (Å²) in [4.78, 5) is 72.8. The van der Waals surface area contributed by atoms with E-state index < -0.39 is 0 Å². The summed E-state index contributed by atoms with van der Waals surface area (Å²) >= 11 is 0. The smallest absolute Gasteiger partial charge is 0.234 e. The summed E-state index contributed by atoms with van der Waals surface area (Å²) < 4.78 is 0. The topological polar surface area (TPSA) is 154 Å². The molecule has 0 fully saturated rings. The van der Waals surface area contributed by atoms with E-state index >= 15 is 0 Å². The zero-order valence-corrected chi connectivity index (χ0v) is 29.5. The monoisotopic (exact) mass is 778 g/mol. The summed E-state index contributed by atoms with van der Waals surface area (Å²) in [6.07, 6.45) is 13.1. The molecule has 0 aliphatic rings. The number of Topliss-reactive ketones (excluding diaryl/α,β-unsaturated/α-hetero) is 2. The van der Waals surface area contributed by atoms with Crippen molar-refractivity contribution in [1.82, 2.24) is 26.2 Å². The first-order valence-electron chi connectivity index (χ1n) is 15.7. The third kappa shape index (κ3) is 29.6. The van der Waals surface area contributed by atoms with Gasteiger partial charge in [-0.1, -0.05) is 44.9 Å². The fourth-order valence-electron chi connectivity index (χ4n) is 4.42. The fraction of sp³-hybridized carbons (Fsp3) is 0.774. The van der Waals surface area contributed by atoms with Gasteiger partial charge in [-0.25, -0.2) is 0 Å². The SMILES string of the molecule is [CH2-]C(=O)CCCCCCCC(=O)CN(CC(=O)NCCCCCCC(=O)NC)CC(=O)NCCCCCCC(=O)NC.[W]. The molecule has 0 radical (unpaired) electrons. The summed E-state index contributed by atoms with van der Waals surface area (Å²) in [5.74, 6) is -0.441. The van der Waals surface area contributed by atoms with E-state index in [9.17, 15) is 28.8 Å². The van der Waals surface area contributed by atoms with E-state index in [-0.39, 0.29) is 75.9 Å². The van der Waals surface area contributed by atoms with Crippen molar-refractivity contribution in [2.75, 3.05) is 46.8 Å². The van der Waals surface area contributed by atoms with Gasteiger partial charge in [0, 0.05) is 67.5 Å². The van der Waals surface area contributed by atoms with E-state index in [1.807, 2.05) is 0 Å². The Hall–Kier alpha value is -2.26. The molecule has 0 aromatic carbocycles. The van der Waals surface area contributed by atoms with Gasteiger partial charge in [-0.2, -0.15) is 0 Å². The molecule has 0 rings (SSSR count). The van der Waals surface area contributed by atoms with Gasteiger partial charge in [0.2, 0.25) is 23.6 Å². The van der Waals surface area contributed by atoms with E-state index in [0.29, 0.717) is 38.8 Å². The van der Waals surface area contributed by atoms with Crippen LogP contribution in [0, 0.1) is 6.92 Å². The van der Waals surface area contributed by atoms with Crippen molar-refractivity contribution in [3.8, 4) is 0 Å². The first-order valence-corrected chi connectivity index (χ1v) is 15.7. The van der Waals surface area contributed by atoms with Crippen LogP contribution in [0.3, 0.4) is 0 Å². The van der Waals surface area contributed by atoms with Crippen molar-refractivity contribution >= 4 is 35.2 Å². The van der Waals surface area contributed by atoms with Crippen molar-refractivity contribution in [2.24, 2.45) is 0 Å². The van der Waals surface area contributed by atoms with Crippen LogP contribution in [-0.4, -0.2) is 86.9 Å². The molecule has 0 saturated carbocycles. The standard InChI is InChI=1S/C31H56N5O6.W/c1-26(37)17-11-5-4-6-12-18-27(38)23-36(24-30(41)34-21-15-9-7-13-19-28(39)32-2)25-31(42)35-22-16-10-8-14-20-29(40)33-3;/h1,4-25H2,2-3H3,(H,32,39)(H,33,40)(H,34,41)(H,35,42);/q-1;. The molecule has 248 valence electrons. The van der Waals surface area contributed by atoms with Gasteiger partial charge in [0.15, 0.2) is 0 Å². The number of carbonyl (C=O) groups is 6. The Labute approximate surface area is 273 Å².